The fourth-order valence-electron chi connectivity index (χ4n) is 0.752. The zero-order valence-electron chi connectivity index (χ0n) is 7.22. The molecule has 0 bridgehead atoms. The van der Waals surface area contributed by atoms with Crippen molar-refractivity contribution in [3.63, 3.8) is 0 Å². The maximum atomic E-state index is 2.28. The zero-order valence-corrected chi connectivity index (χ0v) is 8.86. The molecule has 0 aliphatic rings. The fourth-order valence-corrected chi connectivity index (χ4v) is 3.04. The van der Waals surface area contributed by atoms with E-state index in [4.69, 9.17) is 0 Å². The average Bonchev–Trinajstić information content (AvgIpc) is 1.99. The highest BCUT2D eigenvalue weighted by molar-refractivity contribution is 8.16. The van der Waals surface area contributed by atoms with Gasteiger partial charge in [0, 0.05) is 10.3 Å². The summed E-state index contributed by atoms with van der Waals surface area (Å²) in [6, 6.07) is 0. The van der Waals surface area contributed by atoms with E-state index in [1.54, 1.807) is 0 Å². The maximum absolute atomic E-state index is 2.28. The first kappa shape index (κ1) is 10.7. The van der Waals surface area contributed by atoms with Gasteiger partial charge < -0.3 is 0 Å². The molecule has 2 heteroatoms. The van der Waals surface area contributed by atoms with E-state index in [0.29, 0.717) is 0 Å². The van der Waals surface area contributed by atoms with Gasteiger partial charge in [0.1, 0.15) is 0 Å². The molecule has 0 fully saturated rings. The molecule has 0 amide bonds. The normalized spacial score (nSPS) is 10.8. The minimum atomic E-state index is 0.902. The van der Waals surface area contributed by atoms with Crippen LogP contribution < -0.4 is 0 Å². The van der Waals surface area contributed by atoms with Gasteiger partial charge in [-0.15, -0.1) is 11.8 Å². The van der Waals surface area contributed by atoms with Crippen LogP contribution in [0.4, 0.5) is 0 Å². The molecule has 0 heterocycles. The highest BCUT2D eigenvalue weighted by atomic mass is 32.2. The summed E-state index contributed by atoms with van der Waals surface area (Å²) in [6.07, 6.45) is 2.65. The number of rotatable bonds is 6. The number of thioether (sulfide) groups is 2. The molecule has 0 radical (unpaired) electrons. The van der Waals surface area contributed by atoms with Crippen LogP contribution in [0.5, 0.6) is 0 Å². The van der Waals surface area contributed by atoms with E-state index in [9.17, 15) is 0 Å². The van der Waals surface area contributed by atoms with Crippen LogP contribution >= 0.6 is 23.5 Å². The van der Waals surface area contributed by atoms with E-state index in [0.717, 1.165) is 5.25 Å². The van der Waals surface area contributed by atoms with Crippen molar-refractivity contribution in [2.75, 3.05) is 10.8 Å². The highest BCUT2D eigenvalue weighted by Gasteiger charge is 2.01. The first-order valence-electron chi connectivity index (χ1n) is 4.04. The lowest BCUT2D eigenvalue weighted by Crippen LogP contribution is -1.97. The lowest BCUT2D eigenvalue weighted by molar-refractivity contribution is 0.794. The van der Waals surface area contributed by atoms with Crippen LogP contribution in [0, 0.1) is 0 Å². The van der Waals surface area contributed by atoms with Crippen molar-refractivity contribution < 1.29 is 0 Å². The second-order valence-electron chi connectivity index (χ2n) is 2.22. The van der Waals surface area contributed by atoms with Crippen molar-refractivity contribution in [2.24, 2.45) is 0 Å². The molecule has 0 aliphatic heterocycles. The molecule has 0 rings (SSSR count). The summed E-state index contributed by atoms with van der Waals surface area (Å²) in [5.41, 5.74) is 0. The van der Waals surface area contributed by atoms with E-state index in [2.05, 4.69) is 32.5 Å². The van der Waals surface area contributed by atoms with Gasteiger partial charge in [0.05, 0.1) is 0 Å². The molecule has 0 unspecified atom stereocenters. The van der Waals surface area contributed by atoms with Crippen molar-refractivity contribution in [1.82, 2.24) is 0 Å². The van der Waals surface area contributed by atoms with Crippen molar-refractivity contribution in [2.45, 2.75) is 38.9 Å². The van der Waals surface area contributed by atoms with Crippen LogP contribution in [0.3, 0.4) is 0 Å². The molecule has 62 valence electrons. The minimum absolute atomic E-state index is 0.902. The zero-order chi connectivity index (χ0) is 7.82. The summed E-state index contributed by atoms with van der Waals surface area (Å²) in [7, 11) is 0. The molecule has 10 heavy (non-hydrogen) atoms. The third kappa shape index (κ3) is 5.48. The highest BCUT2D eigenvalue weighted by Crippen LogP contribution is 2.21. The Bertz CT molecular complexity index is 60.3. The Hall–Kier alpha value is 0.700. The molecule has 0 aromatic heterocycles. The van der Waals surface area contributed by atoms with E-state index in [1.165, 1.54) is 23.7 Å². The SMILES string of the molecule is CCSCSC(CC)CC. The number of hydrogen-bond acceptors (Lipinski definition) is 2. The molecule has 0 atom stereocenters. The number of hydrogen-bond donors (Lipinski definition) is 0. The summed E-state index contributed by atoms with van der Waals surface area (Å²) in [4.78, 5) is 0. The Labute approximate surface area is 73.5 Å². The smallest absolute Gasteiger partial charge is 0.0394 e. The van der Waals surface area contributed by atoms with Crippen LogP contribution in [-0.2, 0) is 0 Å². The molecule has 0 aromatic rings. The Balaban J connectivity index is 3.09. The minimum Gasteiger partial charge on any atom is -0.151 e. The van der Waals surface area contributed by atoms with Crippen molar-refractivity contribution >= 4 is 23.5 Å². The van der Waals surface area contributed by atoms with Crippen molar-refractivity contribution in [1.29, 1.82) is 0 Å². The van der Waals surface area contributed by atoms with Crippen LogP contribution in [0.2, 0.25) is 0 Å². The van der Waals surface area contributed by atoms with Gasteiger partial charge in [-0.3, -0.25) is 0 Å². The standard InChI is InChI=1S/C8H18S2/c1-4-8(5-2)10-7-9-6-3/h8H,4-7H2,1-3H3. The largest absolute Gasteiger partial charge is 0.151 e. The second-order valence-corrected chi connectivity index (χ2v) is 5.14. The quantitative estimate of drug-likeness (QED) is 0.450. The van der Waals surface area contributed by atoms with Gasteiger partial charge in [0.2, 0.25) is 0 Å². The van der Waals surface area contributed by atoms with Crippen LogP contribution in [0.15, 0.2) is 0 Å². The van der Waals surface area contributed by atoms with E-state index in [-0.39, 0.29) is 0 Å². The van der Waals surface area contributed by atoms with E-state index >= 15 is 0 Å². The average molecular weight is 178 g/mol. The van der Waals surface area contributed by atoms with Gasteiger partial charge in [0.15, 0.2) is 0 Å². The van der Waals surface area contributed by atoms with Gasteiger partial charge in [-0.25, -0.2) is 0 Å². The maximum Gasteiger partial charge on any atom is 0.0394 e. The monoisotopic (exact) mass is 178 g/mol. The summed E-state index contributed by atoms with van der Waals surface area (Å²) < 4.78 is 0. The Morgan fingerprint density at radius 3 is 2.10 bits per heavy atom. The predicted molar refractivity (Wildman–Crippen MR) is 55.0 cm³/mol. The topological polar surface area (TPSA) is 0 Å². The van der Waals surface area contributed by atoms with Crippen LogP contribution in [0.1, 0.15) is 33.6 Å². The second kappa shape index (κ2) is 7.80. The van der Waals surface area contributed by atoms with Gasteiger partial charge in [-0.2, -0.15) is 11.8 Å². The molecule has 0 aliphatic carbocycles. The van der Waals surface area contributed by atoms with Gasteiger partial charge in [-0.05, 0) is 18.6 Å². The van der Waals surface area contributed by atoms with Gasteiger partial charge >= 0.3 is 0 Å². The lowest BCUT2D eigenvalue weighted by atomic mass is 10.3. The fraction of sp³-hybridized carbons (Fsp3) is 1.00. The lowest BCUT2D eigenvalue weighted by Gasteiger charge is -2.09. The van der Waals surface area contributed by atoms with Crippen molar-refractivity contribution in [3.05, 3.63) is 0 Å². The van der Waals surface area contributed by atoms with Gasteiger partial charge in [-0.1, -0.05) is 20.8 Å². The molecular weight excluding hydrogens is 160 g/mol. The summed E-state index contributed by atoms with van der Waals surface area (Å²) in [6.45, 7) is 6.77. The molecule has 0 spiro atoms. The summed E-state index contributed by atoms with van der Waals surface area (Å²) >= 11 is 4.14. The first-order valence-corrected chi connectivity index (χ1v) is 6.24. The Morgan fingerprint density at radius 1 is 1.10 bits per heavy atom. The van der Waals surface area contributed by atoms with Crippen LogP contribution in [0.25, 0.3) is 0 Å². The first-order chi connectivity index (χ1) is 4.85. The van der Waals surface area contributed by atoms with Crippen LogP contribution in [-0.4, -0.2) is 16.1 Å². The molecule has 0 aromatic carbocycles. The van der Waals surface area contributed by atoms with E-state index in [1.807, 2.05) is 11.8 Å². The predicted octanol–water partition coefficient (Wildman–Crippen LogP) is 3.62. The van der Waals surface area contributed by atoms with Gasteiger partial charge in [0.25, 0.3) is 0 Å². The summed E-state index contributed by atoms with van der Waals surface area (Å²) in [5.74, 6) is 1.26. The Morgan fingerprint density at radius 2 is 1.70 bits per heavy atom. The molecule has 0 nitrogen and oxygen atoms in total. The Kier molecular flexibility index (Phi) is 8.35. The third-order valence-corrected chi connectivity index (χ3v) is 4.26. The summed E-state index contributed by atoms with van der Waals surface area (Å²) in [5, 5.41) is 2.18. The molecular formula is C8H18S2. The molecule has 0 saturated heterocycles. The third-order valence-electron chi connectivity index (χ3n) is 1.50. The van der Waals surface area contributed by atoms with E-state index < -0.39 is 0 Å². The molecule has 0 saturated carbocycles. The van der Waals surface area contributed by atoms with Crippen molar-refractivity contribution in [3.8, 4) is 0 Å². The molecule has 0 N–H and O–H groups in total.